The normalized spacial score (nSPS) is 21.7. The summed E-state index contributed by atoms with van der Waals surface area (Å²) in [6.45, 7) is 11.3. The highest BCUT2D eigenvalue weighted by molar-refractivity contribution is 7.90. The Balaban J connectivity index is 0.852. The molecule has 19 heteroatoms. The van der Waals surface area contributed by atoms with Crippen LogP contribution in [0.4, 0.5) is 17.1 Å². The molecule has 17 nitrogen and oxygen atoms in total. The molecule has 2 saturated heterocycles. The molecule has 0 unspecified atom stereocenters. The van der Waals surface area contributed by atoms with E-state index in [0.717, 1.165) is 67.0 Å². The van der Waals surface area contributed by atoms with Crippen molar-refractivity contribution in [2.45, 2.75) is 99.6 Å². The minimum absolute atomic E-state index is 0.0257. The van der Waals surface area contributed by atoms with Crippen molar-refractivity contribution in [2.24, 2.45) is 11.3 Å². The molecule has 73 heavy (non-hydrogen) atoms. The maximum Gasteiger partial charge on any atom is 0.293 e. The number of pyridine rings is 1. The van der Waals surface area contributed by atoms with Gasteiger partial charge in [-0.25, -0.2) is 26.5 Å². The molecule has 2 aromatic heterocycles. The molecule has 2 saturated carbocycles. The first-order valence-electron chi connectivity index (χ1n) is 25.0. The van der Waals surface area contributed by atoms with Crippen LogP contribution in [0.25, 0.3) is 11.0 Å². The fourth-order valence-electron chi connectivity index (χ4n) is 11.3. The number of nitro groups is 1. The first-order valence-corrected chi connectivity index (χ1v) is 27.9. The molecule has 1 amide bonds. The number of amides is 1. The van der Waals surface area contributed by atoms with Crippen LogP contribution in [0.1, 0.15) is 98.3 Å². The second-order valence-electron chi connectivity index (χ2n) is 21.2. The number of nitro benzene ring substituents is 1. The Morgan fingerprint density at radius 3 is 2.40 bits per heavy atom. The van der Waals surface area contributed by atoms with Crippen LogP contribution in [0.2, 0.25) is 0 Å². The number of benzene rings is 4. The number of carbonyl (C=O) groups excluding carboxylic acids is 1. The van der Waals surface area contributed by atoms with Crippen LogP contribution >= 0.6 is 0 Å². The third kappa shape index (κ3) is 10.3. The Kier molecular flexibility index (Phi) is 13.4. The lowest BCUT2D eigenvalue weighted by atomic mass is 9.59. The van der Waals surface area contributed by atoms with Gasteiger partial charge < -0.3 is 25.0 Å². The van der Waals surface area contributed by atoms with Gasteiger partial charge in [-0.2, -0.15) is 4.31 Å². The van der Waals surface area contributed by atoms with E-state index in [2.05, 4.69) is 55.8 Å². The van der Waals surface area contributed by atoms with E-state index in [9.17, 15) is 36.9 Å². The number of piperazine rings is 1. The van der Waals surface area contributed by atoms with E-state index in [1.54, 1.807) is 47.8 Å². The van der Waals surface area contributed by atoms with Gasteiger partial charge in [-0.3, -0.25) is 19.8 Å². The monoisotopic (exact) mass is 1030 g/mol. The number of aromatic amines is 1. The van der Waals surface area contributed by atoms with E-state index < -0.39 is 47.1 Å². The van der Waals surface area contributed by atoms with E-state index in [1.165, 1.54) is 30.0 Å². The number of aliphatic hydroxyl groups is 1. The van der Waals surface area contributed by atoms with Crippen molar-refractivity contribution < 1.29 is 36.4 Å². The second kappa shape index (κ2) is 19.5. The summed E-state index contributed by atoms with van der Waals surface area (Å²) in [6.07, 6.45) is 7.85. The maximum absolute atomic E-state index is 14.1. The molecule has 1 atom stereocenters. The van der Waals surface area contributed by atoms with Crippen LogP contribution in [0.15, 0.2) is 119 Å². The van der Waals surface area contributed by atoms with Gasteiger partial charge in [0, 0.05) is 86.2 Å². The fraction of sp³-hybridized carbons (Fsp3) is 0.407. The molecule has 0 bridgehead atoms. The third-order valence-electron chi connectivity index (χ3n) is 15.5. The zero-order valence-corrected chi connectivity index (χ0v) is 43.1. The van der Waals surface area contributed by atoms with E-state index in [-0.39, 0.29) is 46.3 Å². The zero-order valence-electron chi connectivity index (χ0n) is 41.5. The molecule has 4 aromatic carbocycles. The first kappa shape index (κ1) is 50.2. The van der Waals surface area contributed by atoms with Crippen molar-refractivity contribution in [3.05, 3.63) is 142 Å². The Bertz CT molecular complexity index is 3280. The minimum Gasteiger partial charge on any atom is -0.455 e. The number of sulfonamides is 2. The fourth-order valence-corrected chi connectivity index (χ4v) is 13.8. The van der Waals surface area contributed by atoms with Gasteiger partial charge in [0.2, 0.25) is 10.0 Å². The van der Waals surface area contributed by atoms with Gasteiger partial charge in [-0.15, -0.1) is 0 Å². The maximum atomic E-state index is 14.1. The third-order valence-corrected chi connectivity index (χ3v) is 18.7. The average Bonchev–Trinajstić information content (AvgIpc) is 3.81. The molecule has 4 fully saturated rings. The number of nitrogens with zero attached hydrogens (tertiary/aromatic N) is 5. The average molecular weight is 1030 g/mol. The lowest BCUT2D eigenvalue weighted by molar-refractivity contribution is -0.384. The van der Waals surface area contributed by atoms with Crippen molar-refractivity contribution in [3.63, 3.8) is 0 Å². The van der Waals surface area contributed by atoms with E-state index in [4.69, 9.17) is 4.74 Å². The molecule has 2 aliphatic heterocycles. The van der Waals surface area contributed by atoms with Crippen LogP contribution in [0, 0.1) is 28.4 Å². The largest absolute Gasteiger partial charge is 0.455 e. The number of nitrogens with one attached hydrogen (secondary N) is 3. The zero-order chi connectivity index (χ0) is 51.5. The topological polar surface area (TPSA) is 220 Å². The summed E-state index contributed by atoms with van der Waals surface area (Å²) in [4.78, 5) is 37.7. The highest BCUT2D eigenvalue weighted by Crippen LogP contribution is 2.54. The van der Waals surface area contributed by atoms with E-state index >= 15 is 0 Å². The van der Waals surface area contributed by atoms with Gasteiger partial charge in [0.15, 0.2) is 0 Å². The second-order valence-corrected chi connectivity index (χ2v) is 24.8. The number of aryl methyl sites for hydroxylation is 1. The van der Waals surface area contributed by atoms with Gasteiger partial charge >= 0.3 is 0 Å². The molecule has 6 aromatic rings. The molecule has 384 valence electrons. The van der Waals surface area contributed by atoms with Crippen molar-refractivity contribution >= 4 is 54.0 Å². The highest BCUT2D eigenvalue weighted by atomic mass is 32.2. The molecule has 0 radical (unpaired) electrons. The van der Waals surface area contributed by atoms with Crippen molar-refractivity contribution in [1.29, 1.82) is 0 Å². The number of fused-ring (bicyclic) bond motifs is 1. The molecule has 4 aliphatic rings. The van der Waals surface area contributed by atoms with E-state index in [1.807, 2.05) is 37.3 Å². The van der Waals surface area contributed by atoms with Crippen LogP contribution in [-0.2, 0) is 20.0 Å². The number of hydrogen-bond acceptors (Lipinski definition) is 13. The van der Waals surface area contributed by atoms with Crippen LogP contribution in [0.3, 0.4) is 0 Å². The predicted molar refractivity (Wildman–Crippen MR) is 279 cm³/mol. The molecule has 1 spiro atoms. The van der Waals surface area contributed by atoms with Crippen molar-refractivity contribution in [3.8, 4) is 11.5 Å². The summed E-state index contributed by atoms with van der Waals surface area (Å²) in [6, 6.07) is 27.6. The van der Waals surface area contributed by atoms with Gasteiger partial charge in [0.1, 0.15) is 22.8 Å². The molecule has 4 heterocycles. The van der Waals surface area contributed by atoms with Crippen molar-refractivity contribution in [1.82, 2.24) is 23.9 Å². The van der Waals surface area contributed by atoms with Crippen LogP contribution in [-0.4, -0.2) is 103 Å². The number of ether oxygens (including phenoxy) is 1. The SMILES string of the molecule is Cc1ccc(S(=O)(=O)N2CCN(C3CC4(C3)CN(c3ccc(C(=O)NS(=O)(=O)c5ccc(NCC6CCC(C)(O)CC6)c([N+](=O)[O-])c5)c(Oc5cnc6[nH]ccc6c5)c3)C4)[C@H](c3ccccc3C(C)C)C2)cc1. The quantitative estimate of drug-likeness (QED) is 0.0558. The number of H-pyrrole nitrogens is 1. The summed E-state index contributed by atoms with van der Waals surface area (Å²) in [5.41, 5.74) is 3.70. The smallest absolute Gasteiger partial charge is 0.293 e. The molecule has 2 aliphatic carbocycles. The van der Waals surface area contributed by atoms with Gasteiger partial charge in [0.25, 0.3) is 21.6 Å². The Labute approximate surface area is 426 Å². The van der Waals surface area contributed by atoms with Crippen LogP contribution < -0.4 is 19.7 Å². The summed E-state index contributed by atoms with van der Waals surface area (Å²) >= 11 is 0. The standard InChI is InChI=1S/C54H62N8O9S2/c1-35(2)44-7-5-6-8-45(44)49-32-60(73(69,70)42-12-9-36(3)10-13-42)23-24-61(49)40-28-54(29-40)33-59(34-54)39-11-15-46(50(26-39)71-41-25-38-19-22-55-51(38)57-31-41)52(63)58-72(67,68)43-14-16-47(48(27-43)62(65)66)56-30-37-17-20-53(4,64)21-18-37/h5-16,19,22,25-27,31,35,37,40,49,56,64H,17-18,20-21,23-24,28-30,32-34H2,1-4H3,(H,55,57)(H,58,63)/t37?,49-,53?/m0/s1. The first-order chi connectivity index (χ1) is 34.8. The number of carbonyl (C=O) groups is 1. The van der Waals surface area contributed by atoms with Gasteiger partial charge in [-0.1, -0.05) is 55.8 Å². The number of hydrogen-bond donors (Lipinski definition) is 4. The molecule has 4 N–H and O–H groups in total. The summed E-state index contributed by atoms with van der Waals surface area (Å²) < 4.78 is 65.9. The van der Waals surface area contributed by atoms with Crippen molar-refractivity contribution in [2.75, 3.05) is 49.5 Å². The minimum atomic E-state index is -4.62. The van der Waals surface area contributed by atoms with Crippen LogP contribution in [0.5, 0.6) is 11.5 Å². The number of aromatic nitrogens is 2. The Morgan fingerprint density at radius 1 is 0.945 bits per heavy atom. The molecular weight excluding hydrogens is 969 g/mol. The molecular formula is C54H62N8O9S2. The Morgan fingerprint density at radius 2 is 1.67 bits per heavy atom. The van der Waals surface area contributed by atoms with Gasteiger partial charge in [-0.05, 0) is 124 Å². The Hall–Kier alpha value is -6.38. The number of anilines is 2. The lowest BCUT2D eigenvalue weighted by Crippen LogP contribution is -2.68. The highest BCUT2D eigenvalue weighted by Gasteiger charge is 2.55. The summed E-state index contributed by atoms with van der Waals surface area (Å²) in [7, 11) is -8.34. The summed E-state index contributed by atoms with van der Waals surface area (Å²) in [5, 5.41) is 26.4. The van der Waals surface area contributed by atoms with E-state index in [0.29, 0.717) is 55.3 Å². The van der Waals surface area contributed by atoms with Gasteiger partial charge in [0.05, 0.1) is 32.1 Å². The number of rotatable bonds is 15. The lowest BCUT2D eigenvalue weighted by Gasteiger charge is -2.63. The predicted octanol–water partition coefficient (Wildman–Crippen LogP) is 8.88. The summed E-state index contributed by atoms with van der Waals surface area (Å²) in [5.74, 6) is -0.141. The molecule has 10 rings (SSSR count).